The van der Waals surface area contributed by atoms with Crippen molar-refractivity contribution in [1.29, 1.82) is 0 Å². The molecular weight excluding hydrogens is 292 g/mol. The number of rotatable bonds is 7. The molecule has 0 unspecified atom stereocenters. The fraction of sp³-hybridized carbons (Fsp3) is 0.500. The van der Waals surface area contributed by atoms with Crippen molar-refractivity contribution in [1.82, 2.24) is 4.72 Å². The van der Waals surface area contributed by atoms with Gasteiger partial charge in [0.2, 0.25) is 10.0 Å². The van der Waals surface area contributed by atoms with Gasteiger partial charge in [-0.2, -0.15) is 0 Å². The van der Waals surface area contributed by atoms with Crippen molar-refractivity contribution in [3.8, 4) is 0 Å². The minimum atomic E-state index is -3.64. The number of nitrogens with one attached hydrogen (secondary N) is 2. The topological polar surface area (TPSA) is 95.5 Å². The molecule has 0 bridgehead atoms. The van der Waals surface area contributed by atoms with Gasteiger partial charge in [0.1, 0.15) is 0 Å². The van der Waals surface area contributed by atoms with Crippen LogP contribution in [0.5, 0.6) is 0 Å². The Balaban J connectivity index is 2.33. The number of hydrogen-bond acceptors (Lipinski definition) is 4. The number of benzene rings is 1. The second-order valence-electron chi connectivity index (χ2n) is 5.36. The average molecular weight is 312 g/mol. The highest BCUT2D eigenvalue weighted by molar-refractivity contribution is 7.89. The molecule has 1 aliphatic carbocycles. The molecule has 2 rings (SSSR count). The molecule has 1 saturated carbocycles. The van der Waals surface area contributed by atoms with E-state index in [1.165, 1.54) is 18.2 Å². The maximum atomic E-state index is 12.1. The van der Waals surface area contributed by atoms with Crippen LogP contribution in [-0.2, 0) is 10.0 Å². The lowest BCUT2D eigenvalue weighted by molar-refractivity contribution is 0.0697. The van der Waals surface area contributed by atoms with Gasteiger partial charge in [0, 0.05) is 17.8 Å². The maximum Gasteiger partial charge on any atom is 0.337 e. The molecule has 1 fully saturated rings. The molecule has 3 N–H and O–H groups in total. The number of sulfonamides is 1. The van der Waals surface area contributed by atoms with Gasteiger partial charge in [0.25, 0.3) is 0 Å². The van der Waals surface area contributed by atoms with E-state index < -0.39 is 16.0 Å². The fourth-order valence-electron chi connectivity index (χ4n) is 1.85. The maximum absolute atomic E-state index is 12.1. The highest BCUT2D eigenvalue weighted by Gasteiger charge is 2.28. The lowest BCUT2D eigenvalue weighted by Crippen LogP contribution is -2.26. The van der Waals surface area contributed by atoms with Gasteiger partial charge in [-0.25, -0.2) is 17.9 Å². The van der Waals surface area contributed by atoms with Crippen LogP contribution in [-0.4, -0.2) is 31.6 Å². The normalized spacial score (nSPS) is 16.5. The molecule has 0 aromatic heterocycles. The minimum absolute atomic E-state index is 0.0125. The Bertz CT molecular complexity index is 638. The Morgan fingerprint density at radius 3 is 2.62 bits per heavy atom. The first-order valence-electron chi connectivity index (χ1n) is 6.99. The number of anilines is 1. The van der Waals surface area contributed by atoms with Crippen LogP contribution in [0.2, 0.25) is 0 Å². The van der Waals surface area contributed by atoms with E-state index in [-0.39, 0.29) is 22.5 Å². The first-order chi connectivity index (χ1) is 9.83. The third-order valence-corrected chi connectivity index (χ3v) is 4.96. The van der Waals surface area contributed by atoms with Gasteiger partial charge >= 0.3 is 5.97 Å². The van der Waals surface area contributed by atoms with Crippen LogP contribution in [0.25, 0.3) is 0 Å². The Morgan fingerprint density at radius 2 is 2.10 bits per heavy atom. The summed E-state index contributed by atoms with van der Waals surface area (Å²) in [5.41, 5.74) is 0.399. The molecule has 7 heteroatoms. The fourth-order valence-corrected chi connectivity index (χ4v) is 3.18. The van der Waals surface area contributed by atoms with Crippen LogP contribution in [0.3, 0.4) is 0 Å². The summed E-state index contributed by atoms with van der Waals surface area (Å²) in [5.74, 6) is -1.15. The number of carboxylic acids is 1. The summed E-state index contributed by atoms with van der Waals surface area (Å²) >= 11 is 0. The summed E-state index contributed by atoms with van der Waals surface area (Å²) < 4.78 is 26.8. The molecule has 116 valence electrons. The summed E-state index contributed by atoms with van der Waals surface area (Å²) in [7, 11) is -3.64. The zero-order chi connectivity index (χ0) is 15.6. The van der Waals surface area contributed by atoms with Crippen LogP contribution in [0, 0.1) is 0 Å². The molecule has 0 saturated heterocycles. The van der Waals surface area contributed by atoms with Crippen molar-refractivity contribution < 1.29 is 18.3 Å². The Kier molecular flexibility index (Phi) is 4.53. The van der Waals surface area contributed by atoms with Crippen molar-refractivity contribution in [3.63, 3.8) is 0 Å². The molecule has 1 aliphatic rings. The SMILES string of the molecule is CC[C@H](C)Nc1ccc(S(=O)(=O)NC2CC2)cc1C(=O)O. The zero-order valence-corrected chi connectivity index (χ0v) is 12.9. The lowest BCUT2D eigenvalue weighted by Gasteiger charge is -2.16. The van der Waals surface area contributed by atoms with Crippen LogP contribution >= 0.6 is 0 Å². The molecule has 0 aliphatic heterocycles. The average Bonchev–Trinajstić information content (AvgIpc) is 3.21. The zero-order valence-electron chi connectivity index (χ0n) is 12.1. The van der Waals surface area contributed by atoms with Crippen LogP contribution in [0.1, 0.15) is 43.5 Å². The van der Waals surface area contributed by atoms with Crippen molar-refractivity contribution in [2.75, 3.05) is 5.32 Å². The summed E-state index contributed by atoms with van der Waals surface area (Å²) in [5, 5.41) is 12.4. The van der Waals surface area contributed by atoms with E-state index in [0.29, 0.717) is 5.69 Å². The van der Waals surface area contributed by atoms with Gasteiger partial charge in [-0.3, -0.25) is 0 Å². The second-order valence-corrected chi connectivity index (χ2v) is 7.08. The second kappa shape index (κ2) is 6.03. The number of carboxylic acid groups (broad SMARTS) is 1. The van der Waals surface area contributed by atoms with E-state index in [4.69, 9.17) is 0 Å². The molecule has 1 aromatic carbocycles. The number of hydrogen-bond donors (Lipinski definition) is 3. The molecule has 0 heterocycles. The molecule has 0 amide bonds. The molecule has 6 nitrogen and oxygen atoms in total. The Morgan fingerprint density at radius 1 is 1.43 bits per heavy atom. The predicted molar refractivity (Wildman–Crippen MR) is 80.1 cm³/mol. The first-order valence-corrected chi connectivity index (χ1v) is 8.48. The van der Waals surface area contributed by atoms with Crippen molar-refractivity contribution in [2.45, 2.75) is 50.1 Å². The van der Waals surface area contributed by atoms with Crippen molar-refractivity contribution >= 4 is 21.7 Å². The highest BCUT2D eigenvalue weighted by Crippen LogP contribution is 2.25. The van der Waals surface area contributed by atoms with Gasteiger partial charge in [-0.15, -0.1) is 0 Å². The number of aromatic carboxylic acids is 1. The molecule has 21 heavy (non-hydrogen) atoms. The Labute approximate surface area is 124 Å². The molecule has 1 atom stereocenters. The van der Waals surface area contributed by atoms with Gasteiger partial charge in [-0.1, -0.05) is 6.92 Å². The molecular formula is C14H20N2O4S. The smallest absolute Gasteiger partial charge is 0.337 e. The molecule has 1 aromatic rings. The monoisotopic (exact) mass is 312 g/mol. The standard InChI is InChI=1S/C14H20N2O4S/c1-3-9(2)15-13-7-6-11(8-12(13)14(17)18)21(19,20)16-10-4-5-10/h6-10,15-16H,3-5H2,1-2H3,(H,17,18)/t9-/m0/s1. The predicted octanol–water partition coefficient (Wildman–Crippen LogP) is 2.04. The third-order valence-electron chi connectivity index (χ3n) is 3.45. The summed E-state index contributed by atoms with van der Waals surface area (Å²) in [6.45, 7) is 3.92. The van der Waals surface area contributed by atoms with Crippen molar-refractivity contribution in [2.24, 2.45) is 0 Å². The van der Waals surface area contributed by atoms with E-state index in [1.54, 1.807) is 0 Å². The lowest BCUT2D eigenvalue weighted by atomic mass is 10.1. The van der Waals surface area contributed by atoms with Gasteiger partial charge in [0.05, 0.1) is 10.5 Å². The minimum Gasteiger partial charge on any atom is -0.478 e. The largest absolute Gasteiger partial charge is 0.478 e. The van der Waals surface area contributed by atoms with Gasteiger partial charge in [0.15, 0.2) is 0 Å². The van der Waals surface area contributed by atoms with E-state index in [1.807, 2.05) is 13.8 Å². The van der Waals surface area contributed by atoms with E-state index in [9.17, 15) is 18.3 Å². The molecule has 0 radical (unpaired) electrons. The van der Waals surface area contributed by atoms with Crippen LogP contribution in [0.15, 0.2) is 23.1 Å². The third kappa shape index (κ3) is 3.95. The van der Waals surface area contributed by atoms with Gasteiger partial charge in [-0.05, 0) is 44.4 Å². The summed E-state index contributed by atoms with van der Waals surface area (Å²) in [4.78, 5) is 11.3. The summed E-state index contributed by atoms with van der Waals surface area (Å²) in [6.07, 6.45) is 2.50. The first kappa shape index (κ1) is 15.8. The van der Waals surface area contributed by atoms with E-state index in [2.05, 4.69) is 10.0 Å². The van der Waals surface area contributed by atoms with E-state index >= 15 is 0 Å². The highest BCUT2D eigenvalue weighted by atomic mass is 32.2. The molecule has 0 spiro atoms. The van der Waals surface area contributed by atoms with Crippen LogP contribution in [0.4, 0.5) is 5.69 Å². The van der Waals surface area contributed by atoms with Gasteiger partial charge < -0.3 is 10.4 Å². The summed E-state index contributed by atoms with van der Waals surface area (Å²) in [6, 6.07) is 4.24. The quantitative estimate of drug-likeness (QED) is 0.716. The number of carbonyl (C=O) groups is 1. The Hall–Kier alpha value is -1.60. The van der Waals surface area contributed by atoms with Crippen LogP contribution < -0.4 is 10.0 Å². The van der Waals surface area contributed by atoms with Crippen molar-refractivity contribution in [3.05, 3.63) is 23.8 Å². The van der Waals surface area contributed by atoms with E-state index in [0.717, 1.165) is 19.3 Å².